The van der Waals surface area contributed by atoms with Crippen LogP contribution in [0, 0.1) is 5.92 Å². The highest BCUT2D eigenvalue weighted by Crippen LogP contribution is 2.32. The Balaban J connectivity index is 2.01. The van der Waals surface area contributed by atoms with Gasteiger partial charge in [-0.05, 0) is 40.2 Å². The van der Waals surface area contributed by atoms with E-state index < -0.39 is 0 Å². The van der Waals surface area contributed by atoms with E-state index in [1.54, 1.807) is 0 Å². The van der Waals surface area contributed by atoms with Crippen molar-refractivity contribution in [1.82, 2.24) is 10.2 Å². The predicted molar refractivity (Wildman–Crippen MR) is 56.0 cm³/mol. The van der Waals surface area contributed by atoms with Crippen molar-refractivity contribution in [2.45, 2.75) is 45.2 Å². The number of carbonyl (C=O) groups excluding carboxylic acids is 1. The maximum Gasteiger partial charge on any atom is 0.227 e. The van der Waals surface area contributed by atoms with Crippen molar-refractivity contribution in [2.24, 2.45) is 5.92 Å². The van der Waals surface area contributed by atoms with Gasteiger partial charge in [-0.15, -0.1) is 0 Å². The highest BCUT2D eigenvalue weighted by atomic mass is 16.2. The summed E-state index contributed by atoms with van der Waals surface area (Å²) in [6, 6.07) is 0.360. The molecule has 0 aromatic heterocycles. The monoisotopic (exact) mass is 196 g/mol. The molecule has 0 radical (unpaired) electrons. The number of likely N-dealkylation sites (tertiary alicyclic amines) is 1. The lowest BCUT2D eigenvalue weighted by Gasteiger charge is -2.49. The molecule has 2 atom stereocenters. The van der Waals surface area contributed by atoms with Crippen LogP contribution in [0.25, 0.3) is 0 Å². The second-order valence-electron chi connectivity index (χ2n) is 5.19. The first-order valence-corrected chi connectivity index (χ1v) is 5.57. The Morgan fingerprint density at radius 1 is 1.50 bits per heavy atom. The molecule has 80 valence electrons. The van der Waals surface area contributed by atoms with E-state index in [1.807, 2.05) is 4.90 Å². The molecule has 2 unspecified atom stereocenters. The molecule has 2 fully saturated rings. The van der Waals surface area contributed by atoms with Gasteiger partial charge >= 0.3 is 0 Å². The summed E-state index contributed by atoms with van der Waals surface area (Å²) in [5, 5.41) is 3.33. The minimum absolute atomic E-state index is 0.111. The lowest BCUT2D eigenvalue weighted by atomic mass is 9.86. The van der Waals surface area contributed by atoms with Gasteiger partial charge in [0.2, 0.25) is 5.91 Å². The first-order valence-electron chi connectivity index (χ1n) is 5.57. The highest BCUT2D eigenvalue weighted by molar-refractivity contribution is 5.81. The Labute approximate surface area is 85.8 Å². The zero-order valence-corrected chi connectivity index (χ0v) is 9.34. The van der Waals surface area contributed by atoms with Crippen LogP contribution in [-0.4, -0.2) is 35.5 Å². The SMILES string of the molecule is CC1NCCC1C(=O)N1CCC1(C)C. The average molecular weight is 196 g/mol. The summed E-state index contributed by atoms with van der Waals surface area (Å²) in [6.45, 7) is 8.37. The molecule has 2 saturated heterocycles. The Kier molecular flexibility index (Phi) is 2.30. The molecule has 2 heterocycles. The predicted octanol–water partition coefficient (Wildman–Crippen LogP) is 0.995. The van der Waals surface area contributed by atoms with Crippen molar-refractivity contribution >= 4 is 5.91 Å². The maximum absolute atomic E-state index is 12.1. The molecule has 0 bridgehead atoms. The third-order valence-electron chi connectivity index (χ3n) is 3.79. The normalized spacial score (nSPS) is 35.5. The van der Waals surface area contributed by atoms with Crippen molar-refractivity contribution in [3.8, 4) is 0 Å². The molecule has 0 aliphatic carbocycles. The summed E-state index contributed by atoms with van der Waals surface area (Å²) in [6.07, 6.45) is 2.15. The number of amides is 1. The fourth-order valence-electron chi connectivity index (χ4n) is 2.48. The van der Waals surface area contributed by atoms with E-state index in [-0.39, 0.29) is 11.5 Å². The first kappa shape index (κ1) is 9.97. The first-order chi connectivity index (χ1) is 6.52. The van der Waals surface area contributed by atoms with Gasteiger partial charge in [0.05, 0.1) is 5.92 Å². The van der Waals surface area contributed by atoms with Crippen LogP contribution in [0.15, 0.2) is 0 Å². The van der Waals surface area contributed by atoms with Gasteiger partial charge in [0.1, 0.15) is 0 Å². The molecule has 2 rings (SSSR count). The van der Waals surface area contributed by atoms with Gasteiger partial charge in [-0.1, -0.05) is 0 Å². The van der Waals surface area contributed by atoms with E-state index in [1.165, 1.54) is 0 Å². The van der Waals surface area contributed by atoms with Gasteiger partial charge in [0.15, 0.2) is 0 Å². The van der Waals surface area contributed by atoms with E-state index in [2.05, 4.69) is 26.1 Å². The van der Waals surface area contributed by atoms with E-state index >= 15 is 0 Å². The van der Waals surface area contributed by atoms with Crippen LogP contribution in [0.3, 0.4) is 0 Å². The molecular weight excluding hydrogens is 176 g/mol. The number of hydrogen-bond donors (Lipinski definition) is 1. The fraction of sp³-hybridized carbons (Fsp3) is 0.909. The second-order valence-corrected chi connectivity index (χ2v) is 5.19. The van der Waals surface area contributed by atoms with E-state index in [0.717, 1.165) is 25.9 Å². The summed E-state index contributed by atoms with van der Waals surface area (Å²) in [5.74, 6) is 0.577. The van der Waals surface area contributed by atoms with Crippen molar-refractivity contribution in [3.63, 3.8) is 0 Å². The summed E-state index contributed by atoms with van der Waals surface area (Å²) in [5.41, 5.74) is 0.111. The van der Waals surface area contributed by atoms with Crippen molar-refractivity contribution in [3.05, 3.63) is 0 Å². The summed E-state index contributed by atoms with van der Waals surface area (Å²) < 4.78 is 0. The van der Waals surface area contributed by atoms with Crippen molar-refractivity contribution in [2.75, 3.05) is 13.1 Å². The van der Waals surface area contributed by atoms with Crippen LogP contribution in [0.1, 0.15) is 33.6 Å². The third-order valence-corrected chi connectivity index (χ3v) is 3.79. The standard InChI is InChI=1S/C11H20N2O/c1-8-9(4-6-12-8)10(14)13-7-5-11(13,2)3/h8-9,12H,4-7H2,1-3H3. The van der Waals surface area contributed by atoms with Gasteiger partial charge in [0, 0.05) is 18.1 Å². The molecule has 14 heavy (non-hydrogen) atoms. The molecule has 1 amide bonds. The Bertz CT molecular complexity index is 246. The molecule has 1 N–H and O–H groups in total. The van der Waals surface area contributed by atoms with Crippen LogP contribution in [0.4, 0.5) is 0 Å². The molecular formula is C11H20N2O. The molecule has 2 aliphatic heterocycles. The molecule has 2 aliphatic rings. The Morgan fingerprint density at radius 3 is 2.57 bits per heavy atom. The zero-order valence-electron chi connectivity index (χ0n) is 9.34. The number of nitrogens with zero attached hydrogens (tertiary/aromatic N) is 1. The summed E-state index contributed by atoms with van der Waals surface area (Å²) >= 11 is 0. The van der Waals surface area contributed by atoms with Crippen LogP contribution >= 0.6 is 0 Å². The molecule has 3 nitrogen and oxygen atoms in total. The number of hydrogen-bond acceptors (Lipinski definition) is 2. The quantitative estimate of drug-likeness (QED) is 0.678. The van der Waals surface area contributed by atoms with Gasteiger partial charge in [-0.2, -0.15) is 0 Å². The summed E-state index contributed by atoms with van der Waals surface area (Å²) in [4.78, 5) is 14.2. The van der Waals surface area contributed by atoms with Crippen LogP contribution < -0.4 is 5.32 Å². The molecule has 0 saturated carbocycles. The Morgan fingerprint density at radius 2 is 2.21 bits per heavy atom. The maximum atomic E-state index is 12.1. The lowest BCUT2D eigenvalue weighted by molar-refractivity contribution is -0.149. The average Bonchev–Trinajstić information content (AvgIpc) is 2.49. The minimum Gasteiger partial charge on any atom is -0.337 e. The largest absolute Gasteiger partial charge is 0.337 e. The zero-order chi connectivity index (χ0) is 10.3. The van der Waals surface area contributed by atoms with E-state index in [0.29, 0.717) is 11.9 Å². The second kappa shape index (κ2) is 3.23. The minimum atomic E-state index is 0.111. The van der Waals surface area contributed by atoms with Crippen LogP contribution in [-0.2, 0) is 4.79 Å². The Hall–Kier alpha value is -0.570. The summed E-state index contributed by atoms with van der Waals surface area (Å²) in [7, 11) is 0. The highest BCUT2D eigenvalue weighted by Gasteiger charge is 2.43. The van der Waals surface area contributed by atoms with Gasteiger partial charge in [-0.3, -0.25) is 4.79 Å². The van der Waals surface area contributed by atoms with Crippen LogP contribution in [0.2, 0.25) is 0 Å². The van der Waals surface area contributed by atoms with Crippen LogP contribution in [0.5, 0.6) is 0 Å². The van der Waals surface area contributed by atoms with Gasteiger partial charge < -0.3 is 10.2 Å². The third kappa shape index (κ3) is 1.44. The molecule has 0 spiro atoms. The molecule has 0 aromatic carbocycles. The number of nitrogens with one attached hydrogen (secondary N) is 1. The molecule has 3 heteroatoms. The molecule has 0 aromatic rings. The van der Waals surface area contributed by atoms with Crippen molar-refractivity contribution < 1.29 is 4.79 Å². The smallest absolute Gasteiger partial charge is 0.227 e. The van der Waals surface area contributed by atoms with Crippen molar-refractivity contribution in [1.29, 1.82) is 0 Å². The lowest BCUT2D eigenvalue weighted by Crippen LogP contribution is -2.60. The topological polar surface area (TPSA) is 32.3 Å². The van der Waals surface area contributed by atoms with E-state index in [4.69, 9.17) is 0 Å². The number of carbonyl (C=O) groups is 1. The van der Waals surface area contributed by atoms with Gasteiger partial charge in [-0.25, -0.2) is 0 Å². The number of rotatable bonds is 1. The fourth-order valence-corrected chi connectivity index (χ4v) is 2.48. The van der Waals surface area contributed by atoms with Gasteiger partial charge in [0.25, 0.3) is 0 Å². The van der Waals surface area contributed by atoms with E-state index in [9.17, 15) is 4.79 Å².